The molecule has 0 aliphatic rings. The van der Waals surface area contributed by atoms with E-state index in [-0.39, 0.29) is 17.7 Å². The maximum atomic E-state index is 12.1. The molecule has 1 aromatic rings. The largest absolute Gasteiger partial charge is 0.393 e. The van der Waals surface area contributed by atoms with Gasteiger partial charge in [0.1, 0.15) is 6.04 Å². The number of carbonyl (C=O) groups excluding carboxylic acids is 2. The van der Waals surface area contributed by atoms with Crippen molar-refractivity contribution in [1.82, 2.24) is 10.6 Å². The number of benzene rings is 1. The maximum absolute atomic E-state index is 12.1. The van der Waals surface area contributed by atoms with Gasteiger partial charge < -0.3 is 15.7 Å². The Bertz CT molecular complexity index is 514. The normalized spacial score (nSPS) is 13.5. The van der Waals surface area contributed by atoms with Gasteiger partial charge in [-0.2, -0.15) is 0 Å². The Morgan fingerprint density at radius 2 is 1.91 bits per heavy atom. The van der Waals surface area contributed by atoms with Gasteiger partial charge >= 0.3 is 0 Å². The second kappa shape index (κ2) is 8.54. The van der Waals surface area contributed by atoms with E-state index in [1.165, 1.54) is 0 Å². The van der Waals surface area contributed by atoms with E-state index in [4.69, 9.17) is 0 Å². The highest BCUT2D eigenvalue weighted by atomic mass is 16.3. The average Bonchev–Trinajstić information content (AvgIpc) is 2.46. The predicted molar refractivity (Wildman–Crippen MR) is 86.6 cm³/mol. The first-order valence-corrected chi connectivity index (χ1v) is 7.64. The minimum atomic E-state index is -0.621. The number of rotatable bonds is 7. The Hall–Kier alpha value is -1.88. The summed E-state index contributed by atoms with van der Waals surface area (Å²) in [6.07, 6.45) is 0.0691. The minimum Gasteiger partial charge on any atom is -0.393 e. The van der Waals surface area contributed by atoms with E-state index >= 15 is 0 Å². The van der Waals surface area contributed by atoms with Crippen molar-refractivity contribution in [2.45, 2.75) is 46.3 Å². The van der Waals surface area contributed by atoms with Crippen molar-refractivity contribution < 1.29 is 14.7 Å². The van der Waals surface area contributed by atoms with Gasteiger partial charge in [-0.3, -0.25) is 9.59 Å². The monoisotopic (exact) mass is 306 g/mol. The SMILES string of the molecule is Cc1cccc(C(=O)NC(C)C(=O)NCCC(O)C(C)C)c1. The van der Waals surface area contributed by atoms with Crippen LogP contribution in [0.1, 0.15) is 43.1 Å². The number of amides is 2. The van der Waals surface area contributed by atoms with Crippen LogP contribution in [0.2, 0.25) is 0 Å². The van der Waals surface area contributed by atoms with E-state index in [9.17, 15) is 14.7 Å². The van der Waals surface area contributed by atoms with Gasteiger partial charge in [0, 0.05) is 12.1 Å². The molecule has 1 rings (SSSR count). The first kappa shape index (κ1) is 18.2. The number of aliphatic hydroxyl groups is 1. The lowest BCUT2D eigenvalue weighted by Gasteiger charge is -2.17. The molecule has 0 fully saturated rings. The van der Waals surface area contributed by atoms with Crippen molar-refractivity contribution >= 4 is 11.8 Å². The fourth-order valence-corrected chi connectivity index (χ4v) is 1.96. The van der Waals surface area contributed by atoms with E-state index < -0.39 is 12.1 Å². The first-order valence-electron chi connectivity index (χ1n) is 7.64. The van der Waals surface area contributed by atoms with E-state index in [2.05, 4.69) is 10.6 Å². The molecule has 2 amide bonds. The summed E-state index contributed by atoms with van der Waals surface area (Å²) in [5.41, 5.74) is 1.53. The van der Waals surface area contributed by atoms with Crippen LogP contribution in [0.15, 0.2) is 24.3 Å². The molecule has 22 heavy (non-hydrogen) atoms. The van der Waals surface area contributed by atoms with Crippen LogP contribution < -0.4 is 10.6 Å². The predicted octanol–water partition coefficient (Wildman–Crippen LogP) is 1.64. The van der Waals surface area contributed by atoms with E-state index in [0.29, 0.717) is 18.5 Å². The number of hydrogen-bond acceptors (Lipinski definition) is 3. The van der Waals surface area contributed by atoms with Crippen LogP contribution in [0.4, 0.5) is 0 Å². The highest BCUT2D eigenvalue weighted by Gasteiger charge is 2.17. The maximum Gasteiger partial charge on any atom is 0.251 e. The standard InChI is InChI=1S/C17H26N2O3/c1-11(2)15(20)8-9-18-16(21)13(4)19-17(22)14-7-5-6-12(3)10-14/h5-7,10-11,13,15,20H,8-9H2,1-4H3,(H,18,21)(H,19,22). The summed E-state index contributed by atoms with van der Waals surface area (Å²) in [5, 5.41) is 15.1. The van der Waals surface area contributed by atoms with Crippen LogP contribution in [-0.2, 0) is 4.79 Å². The van der Waals surface area contributed by atoms with Gasteiger partial charge in [0.15, 0.2) is 0 Å². The number of aliphatic hydroxyl groups excluding tert-OH is 1. The summed E-state index contributed by atoms with van der Waals surface area (Å²) in [5.74, 6) is -0.360. The fraction of sp³-hybridized carbons (Fsp3) is 0.529. The highest BCUT2D eigenvalue weighted by molar-refractivity contribution is 5.97. The molecule has 3 N–H and O–H groups in total. The van der Waals surface area contributed by atoms with Crippen molar-refractivity contribution in [2.75, 3.05) is 6.54 Å². The topological polar surface area (TPSA) is 78.4 Å². The molecule has 122 valence electrons. The number of hydrogen-bond donors (Lipinski definition) is 3. The summed E-state index contributed by atoms with van der Waals surface area (Å²) in [6.45, 7) is 7.80. The zero-order valence-corrected chi connectivity index (χ0v) is 13.7. The fourth-order valence-electron chi connectivity index (χ4n) is 1.96. The Balaban J connectivity index is 2.42. The molecule has 0 heterocycles. The van der Waals surface area contributed by atoms with Crippen LogP contribution in [-0.4, -0.2) is 35.6 Å². The van der Waals surface area contributed by atoms with Crippen molar-refractivity contribution in [3.8, 4) is 0 Å². The van der Waals surface area contributed by atoms with Gasteiger partial charge in [-0.25, -0.2) is 0 Å². The van der Waals surface area contributed by atoms with E-state index in [1.54, 1.807) is 19.1 Å². The quantitative estimate of drug-likeness (QED) is 0.716. The number of nitrogens with one attached hydrogen (secondary N) is 2. The lowest BCUT2D eigenvalue weighted by Crippen LogP contribution is -2.45. The zero-order valence-electron chi connectivity index (χ0n) is 13.7. The smallest absolute Gasteiger partial charge is 0.251 e. The molecule has 2 atom stereocenters. The summed E-state index contributed by atoms with van der Waals surface area (Å²) in [7, 11) is 0. The molecule has 0 aromatic heterocycles. The molecular weight excluding hydrogens is 280 g/mol. The Kier molecular flexibility index (Phi) is 7.05. The third-order valence-corrected chi connectivity index (χ3v) is 3.53. The van der Waals surface area contributed by atoms with Crippen LogP contribution in [0.25, 0.3) is 0 Å². The van der Waals surface area contributed by atoms with Crippen molar-refractivity contribution in [3.05, 3.63) is 35.4 Å². The Morgan fingerprint density at radius 1 is 1.23 bits per heavy atom. The molecule has 5 heteroatoms. The van der Waals surface area contributed by atoms with Gasteiger partial charge in [-0.05, 0) is 38.3 Å². The minimum absolute atomic E-state index is 0.162. The second-order valence-electron chi connectivity index (χ2n) is 5.96. The van der Waals surface area contributed by atoms with Gasteiger partial charge in [-0.15, -0.1) is 0 Å². The van der Waals surface area contributed by atoms with E-state index in [0.717, 1.165) is 5.56 Å². The molecule has 0 aliphatic carbocycles. The Labute approximate surface area is 132 Å². The van der Waals surface area contributed by atoms with Gasteiger partial charge in [0.25, 0.3) is 5.91 Å². The third-order valence-electron chi connectivity index (χ3n) is 3.53. The van der Waals surface area contributed by atoms with Crippen LogP contribution in [0.3, 0.4) is 0 Å². The van der Waals surface area contributed by atoms with Crippen LogP contribution in [0, 0.1) is 12.8 Å². The molecule has 5 nitrogen and oxygen atoms in total. The third kappa shape index (κ3) is 5.85. The van der Waals surface area contributed by atoms with Crippen molar-refractivity contribution in [1.29, 1.82) is 0 Å². The highest BCUT2D eigenvalue weighted by Crippen LogP contribution is 2.05. The number of aryl methyl sites for hydroxylation is 1. The summed E-state index contributed by atoms with van der Waals surface area (Å²) in [6, 6.07) is 6.59. The summed E-state index contributed by atoms with van der Waals surface area (Å²) >= 11 is 0. The summed E-state index contributed by atoms with van der Waals surface area (Å²) in [4.78, 5) is 24.0. The second-order valence-corrected chi connectivity index (χ2v) is 5.96. The lowest BCUT2D eigenvalue weighted by molar-refractivity contribution is -0.122. The van der Waals surface area contributed by atoms with Crippen LogP contribution in [0.5, 0.6) is 0 Å². The molecule has 0 radical (unpaired) electrons. The number of carbonyl (C=O) groups is 2. The molecule has 0 aliphatic heterocycles. The van der Waals surface area contributed by atoms with Crippen molar-refractivity contribution in [3.63, 3.8) is 0 Å². The lowest BCUT2D eigenvalue weighted by atomic mass is 10.0. The first-order chi connectivity index (χ1) is 10.3. The van der Waals surface area contributed by atoms with Gasteiger partial charge in [0.05, 0.1) is 6.10 Å². The van der Waals surface area contributed by atoms with Crippen LogP contribution >= 0.6 is 0 Å². The molecule has 2 unspecified atom stereocenters. The molecule has 0 saturated heterocycles. The van der Waals surface area contributed by atoms with Gasteiger partial charge in [-0.1, -0.05) is 31.5 Å². The average molecular weight is 306 g/mol. The molecular formula is C17H26N2O3. The van der Waals surface area contributed by atoms with E-state index in [1.807, 2.05) is 32.9 Å². The molecule has 0 bridgehead atoms. The molecule has 0 saturated carbocycles. The Morgan fingerprint density at radius 3 is 2.50 bits per heavy atom. The van der Waals surface area contributed by atoms with Crippen molar-refractivity contribution in [2.24, 2.45) is 5.92 Å². The summed E-state index contributed by atoms with van der Waals surface area (Å²) < 4.78 is 0. The molecule has 0 spiro atoms. The molecule has 1 aromatic carbocycles. The van der Waals surface area contributed by atoms with Gasteiger partial charge in [0.2, 0.25) is 5.91 Å². The zero-order chi connectivity index (χ0) is 16.7.